The zero-order chi connectivity index (χ0) is 15.6. The van der Waals surface area contributed by atoms with Gasteiger partial charge in [0.1, 0.15) is 16.5 Å². The monoisotopic (exact) mass is 320 g/mol. The molecule has 116 valence electrons. The van der Waals surface area contributed by atoms with Crippen LogP contribution in [-0.2, 0) is 14.8 Å². The number of hydrogen-bond acceptors (Lipinski definition) is 4. The molecule has 1 aromatic rings. The highest BCUT2D eigenvalue weighted by atomic mass is 32.2. The number of primary sulfonamides is 1. The SMILES string of the molecule is NS(=O)(=O)c1cc(C(=O)NC2CCOCC2)c(F)cc1F. The maximum atomic E-state index is 13.7. The first kappa shape index (κ1) is 15.8. The number of carbonyl (C=O) groups is 1. The predicted octanol–water partition coefficient (Wildman–Crippen LogP) is 0.521. The lowest BCUT2D eigenvalue weighted by molar-refractivity contribution is 0.0694. The Morgan fingerprint density at radius 1 is 1.24 bits per heavy atom. The van der Waals surface area contributed by atoms with E-state index in [-0.39, 0.29) is 6.04 Å². The Balaban J connectivity index is 2.28. The summed E-state index contributed by atoms with van der Waals surface area (Å²) in [5, 5.41) is 7.38. The maximum absolute atomic E-state index is 13.7. The Morgan fingerprint density at radius 2 is 1.86 bits per heavy atom. The molecule has 1 heterocycles. The Morgan fingerprint density at radius 3 is 2.43 bits per heavy atom. The minimum atomic E-state index is -4.38. The fraction of sp³-hybridized carbons (Fsp3) is 0.417. The van der Waals surface area contributed by atoms with Gasteiger partial charge in [0.05, 0.1) is 5.56 Å². The van der Waals surface area contributed by atoms with E-state index < -0.39 is 38.0 Å². The summed E-state index contributed by atoms with van der Waals surface area (Å²) >= 11 is 0. The highest BCUT2D eigenvalue weighted by Gasteiger charge is 2.23. The minimum Gasteiger partial charge on any atom is -0.381 e. The molecule has 0 radical (unpaired) electrons. The third-order valence-corrected chi connectivity index (χ3v) is 4.06. The van der Waals surface area contributed by atoms with Crippen LogP contribution in [0.4, 0.5) is 8.78 Å². The van der Waals surface area contributed by atoms with Crippen molar-refractivity contribution in [2.75, 3.05) is 13.2 Å². The Labute approximate surface area is 120 Å². The predicted molar refractivity (Wildman–Crippen MR) is 69.0 cm³/mol. The summed E-state index contributed by atoms with van der Waals surface area (Å²) in [4.78, 5) is 11.1. The first-order chi connectivity index (χ1) is 9.79. The van der Waals surface area contributed by atoms with Crippen LogP contribution in [0, 0.1) is 11.6 Å². The van der Waals surface area contributed by atoms with E-state index in [9.17, 15) is 22.0 Å². The molecule has 1 fully saturated rings. The molecule has 0 spiro atoms. The van der Waals surface area contributed by atoms with Gasteiger partial charge in [0, 0.05) is 25.3 Å². The summed E-state index contributed by atoms with van der Waals surface area (Å²) in [5.41, 5.74) is -0.563. The van der Waals surface area contributed by atoms with E-state index in [0.717, 1.165) is 0 Å². The van der Waals surface area contributed by atoms with Gasteiger partial charge in [0.2, 0.25) is 10.0 Å². The number of hydrogen-bond donors (Lipinski definition) is 2. The van der Waals surface area contributed by atoms with Crippen molar-refractivity contribution in [3.05, 3.63) is 29.3 Å². The van der Waals surface area contributed by atoms with Crippen molar-refractivity contribution in [2.45, 2.75) is 23.8 Å². The standard InChI is InChI=1S/C12H14F2N2O4S/c13-9-6-10(14)11(21(15,18)19)5-8(9)12(17)16-7-1-3-20-4-2-7/h5-7H,1-4H2,(H,16,17)(H2,15,18,19). The van der Waals surface area contributed by atoms with Gasteiger partial charge in [0.25, 0.3) is 5.91 Å². The molecule has 0 saturated carbocycles. The van der Waals surface area contributed by atoms with Crippen LogP contribution < -0.4 is 10.5 Å². The van der Waals surface area contributed by atoms with Crippen LogP contribution in [0.15, 0.2) is 17.0 Å². The van der Waals surface area contributed by atoms with Gasteiger partial charge in [-0.1, -0.05) is 0 Å². The topological polar surface area (TPSA) is 98.5 Å². The highest BCUT2D eigenvalue weighted by Crippen LogP contribution is 2.19. The van der Waals surface area contributed by atoms with Gasteiger partial charge in [-0.05, 0) is 18.9 Å². The van der Waals surface area contributed by atoms with Crippen molar-refractivity contribution in [2.24, 2.45) is 5.14 Å². The molecule has 1 aliphatic heterocycles. The number of ether oxygens (including phenoxy) is 1. The minimum absolute atomic E-state index is 0.200. The number of sulfonamides is 1. The zero-order valence-corrected chi connectivity index (χ0v) is 11.8. The Bertz CT molecular complexity index is 657. The molecular weight excluding hydrogens is 306 g/mol. The van der Waals surface area contributed by atoms with E-state index in [4.69, 9.17) is 9.88 Å². The Kier molecular flexibility index (Phi) is 4.55. The average molecular weight is 320 g/mol. The van der Waals surface area contributed by atoms with E-state index in [1.54, 1.807) is 0 Å². The number of rotatable bonds is 3. The summed E-state index contributed by atoms with van der Waals surface area (Å²) in [6.07, 6.45) is 1.13. The van der Waals surface area contributed by atoms with Gasteiger partial charge in [-0.3, -0.25) is 4.79 Å². The number of carbonyl (C=O) groups excluding carboxylic acids is 1. The van der Waals surface area contributed by atoms with Crippen molar-refractivity contribution in [3.8, 4) is 0 Å². The molecule has 21 heavy (non-hydrogen) atoms. The molecule has 0 bridgehead atoms. The van der Waals surface area contributed by atoms with E-state index in [1.165, 1.54) is 0 Å². The van der Waals surface area contributed by atoms with Crippen LogP contribution in [0.5, 0.6) is 0 Å². The van der Waals surface area contributed by atoms with E-state index in [1.807, 2.05) is 0 Å². The molecule has 6 nitrogen and oxygen atoms in total. The van der Waals surface area contributed by atoms with Crippen molar-refractivity contribution >= 4 is 15.9 Å². The zero-order valence-electron chi connectivity index (χ0n) is 10.9. The van der Waals surface area contributed by atoms with Gasteiger partial charge in [0.15, 0.2) is 0 Å². The van der Waals surface area contributed by atoms with Crippen molar-refractivity contribution in [1.29, 1.82) is 0 Å². The largest absolute Gasteiger partial charge is 0.381 e. The van der Waals surface area contributed by atoms with Crippen molar-refractivity contribution in [3.63, 3.8) is 0 Å². The van der Waals surface area contributed by atoms with Crippen LogP contribution in [0.1, 0.15) is 23.2 Å². The molecule has 1 saturated heterocycles. The van der Waals surface area contributed by atoms with E-state index in [2.05, 4.69) is 5.32 Å². The van der Waals surface area contributed by atoms with Crippen molar-refractivity contribution in [1.82, 2.24) is 5.32 Å². The molecule has 1 aliphatic rings. The van der Waals surface area contributed by atoms with E-state index in [0.29, 0.717) is 38.2 Å². The van der Waals surface area contributed by atoms with Gasteiger partial charge < -0.3 is 10.1 Å². The third kappa shape index (κ3) is 3.74. The fourth-order valence-electron chi connectivity index (χ4n) is 2.03. The molecule has 2 rings (SSSR count). The molecule has 0 aliphatic carbocycles. The summed E-state index contributed by atoms with van der Waals surface area (Å²) in [5.74, 6) is -3.30. The van der Waals surface area contributed by atoms with Gasteiger partial charge >= 0.3 is 0 Å². The molecule has 0 unspecified atom stereocenters. The Hall–Kier alpha value is -1.58. The van der Waals surface area contributed by atoms with Crippen LogP contribution >= 0.6 is 0 Å². The average Bonchev–Trinajstić information content (AvgIpc) is 2.38. The second kappa shape index (κ2) is 6.04. The second-order valence-corrected chi connectivity index (χ2v) is 6.20. The van der Waals surface area contributed by atoms with Gasteiger partial charge in [-0.25, -0.2) is 22.3 Å². The number of benzene rings is 1. The summed E-state index contributed by atoms with van der Waals surface area (Å²) in [6.45, 7) is 0.943. The summed E-state index contributed by atoms with van der Waals surface area (Å²) < 4.78 is 54.6. The second-order valence-electron chi connectivity index (χ2n) is 4.67. The van der Waals surface area contributed by atoms with Crippen LogP contribution in [0.25, 0.3) is 0 Å². The maximum Gasteiger partial charge on any atom is 0.254 e. The lowest BCUT2D eigenvalue weighted by atomic mass is 10.1. The molecule has 1 aromatic carbocycles. The number of halogens is 2. The number of nitrogens with one attached hydrogen (secondary N) is 1. The number of nitrogens with two attached hydrogens (primary N) is 1. The van der Waals surface area contributed by atoms with Crippen molar-refractivity contribution < 1.29 is 26.7 Å². The quantitative estimate of drug-likeness (QED) is 0.848. The van der Waals surface area contributed by atoms with Crippen LogP contribution in [0.3, 0.4) is 0 Å². The summed E-state index contributed by atoms with van der Waals surface area (Å²) in [7, 11) is -4.38. The molecule has 0 aromatic heterocycles. The smallest absolute Gasteiger partial charge is 0.254 e. The molecule has 9 heteroatoms. The lowest BCUT2D eigenvalue weighted by Crippen LogP contribution is -2.39. The van der Waals surface area contributed by atoms with Gasteiger partial charge in [-0.2, -0.15) is 0 Å². The van der Waals surface area contributed by atoms with Crippen LogP contribution in [0.2, 0.25) is 0 Å². The lowest BCUT2D eigenvalue weighted by Gasteiger charge is -2.23. The molecule has 1 amide bonds. The normalized spacial score (nSPS) is 16.7. The van der Waals surface area contributed by atoms with Crippen LogP contribution in [-0.4, -0.2) is 33.6 Å². The summed E-state index contributed by atoms with van der Waals surface area (Å²) in [6, 6.07) is 0.737. The first-order valence-corrected chi connectivity index (χ1v) is 7.74. The number of amides is 1. The fourth-order valence-corrected chi connectivity index (χ4v) is 2.64. The molecule has 0 atom stereocenters. The third-order valence-electron chi connectivity index (χ3n) is 3.13. The first-order valence-electron chi connectivity index (χ1n) is 6.19. The molecule has 3 N–H and O–H groups in total. The molecular formula is C12H14F2N2O4S. The van der Waals surface area contributed by atoms with E-state index >= 15 is 0 Å². The highest BCUT2D eigenvalue weighted by molar-refractivity contribution is 7.89. The van der Waals surface area contributed by atoms with Gasteiger partial charge in [-0.15, -0.1) is 0 Å².